The zero-order valence-corrected chi connectivity index (χ0v) is 15.4. The van der Waals surface area contributed by atoms with Gasteiger partial charge in [0.2, 0.25) is 11.9 Å². The third-order valence-corrected chi connectivity index (χ3v) is 5.30. The van der Waals surface area contributed by atoms with Crippen LogP contribution in [0.5, 0.6) is 0 Å². The smallest absolute Gasteiger partial charge is 0.225 e. The minimum Gasteiger partial charge on any atom is -0.383 e. The largest absolute Gasteiger partial charge is 0.383 e. The van der Waals surface area contributed by atoms with Crippen molar-refractivity contribution in [1.29, 1.82) is 0 Å². The number of halogens is 1. The van der Waals surface area contributed by atoms with E-state index in [-0.39, 0.29) is 11.8 Å². The van der Waals surface area contributed by atoms with Crippen molar-refractivity contribution in [2.45, 2.75) is 31.7 Å². The molecule has 7 nitrogen and oxygen atoms in total. The predicted octanol–water partition coefficient (Wildman–Crippen LogP) is 1.06. The maximum absolute atomic E-state index is 13.0. The third kappa shape index (κ3) is 4.88. The highest BCUT2D eigenvalue weighted by Gasteiger charge is 2.31. The summed E-state index contributed by atoms with van der Waals surface area (Å²) in [6.07, 6.45) is 6.47. The van der Waals surface area contributed by atoms with Crippen molar-refractivity contribution in [3.8, 4) is 0 Å². The first-order valence-corrected chi connectivity index (χ1v) is 9.40. The summed E-state index contributed by atoms with van der Waals surface area (Å²) in [4.78, 5) is 25.0. The molecule has 0 aromatic carbocycles. The molecule has 0 spiro atoms. The van der Waals surface area contributed by atoms with Gasteiger partial charge in [-0.3, -0.25) is 9.69 Å². The van der Waals surface area contributed by atoms with Gasteiger partial charge in [-0.05, 0) is 32.2 Å². The van der Waals surface area contributed by atoms with Gasteiger partial charge in [0.25, 0.3) is 0 Å². The van der Waals surface area contributed by atoms with E-state index in [0.29, 0.717) is 25.1 Å². The normalized spacial score (nSPS) is 22.4. The summed E-state index contributed by atoms with van der Waals surface area (Å²) in [7, 11) is 1.64. The van der Waals surface area contributed by atoms with Crippen LogP contribution in [0.15, 0.2) is 12.4 Å². The molecule has 2 fully saturated rings. The molecule has 1 aromatic heterocycles. The Morgan fingerprint density at radius 3 is 2.69 bits per heavy atom. The monoisotopic (exact) mass is 365 g/mol. The molecule has 0 aliphatic carbocycles. The average molecular weight is 365 g/mol. The van der Waals surface area contributed by atoms with Gasteiger partial charge in [-0.2, -0.15) is 0 Å². The second-order valence-corrected chi connectivity index (χ2v) is 7.04. The van der Waals surface area contributed by atoms with Crippen LogP contribution in [0.25, 0.3) is 0 Å². The highest BCUT2D eigenvalue weighted by Crippen LogP contribution is 2.25. The van der Waals surface area contributed by atoms with Crippen LogP contribution in [-0.4, -0.2) is 73.3 Å². The Morgan fingerprint density at radius 2 is 2.00 bits per heavy atom. The Labute approximate surface area is 153 Å². The number of ether oxygens (including phenoxy) is 1. The number of hydrogen-bond donors (Lipinski definition) is 1. The molecule has 8 heteroatoms. The van der Waals surface area contributed by atoms with Gasteiger partial charge in [0.1, 0.15) is 0 Å². The summed E-state index contributed by atoms with van der Waals surface area (Å²) >= 11 is 0. The molecule has 0 saturated carbocycles. The standard InChI is InChI=1S/C18H28FN5O2/c1-26-10-6-20-17(25)14-3-2-7-24(13-14)16-4-8-23(9-5-16)18-21-11-15(19)12-22-18/h11-12,14,16H,2-10,13H2,1H3,(H,20,25)/t14-/m1/s1. The SMILES string of the molecule is COCCNC(=O)[C@@H]1CCCN(C2CCN(c3ncc(F)cn3)CC2)C1. The van der Waals surface area contributed by atoms with Crippen LogP contribution in [-0.2, 0) is 9.53 Å². The van der Waals surface area contributed by atoms with Crippen molar-refractivity contribution in [1.82, 2.24) is 20.2 Å². The Bertz CT molecular complexity index is 577. The molecule has 2 aliphatic rings. The lowest BCUT2D eigenvalue weighted by molar-refractivity contribution is -0.127. The number of aromatic nitrogens is 2. The van der Waals surface area contributed by atoms with Crippen LogP contribution in [0.3, 0.4) is 0 Å². The van der Waals surface area contributed by atoms with Gasteiger partial charge in [-0.1, -0.05) is 0 Å². The zero-order chi connectivity index (χ0) is 18.4. The van der Waals surface area contributed by atoms with Crippen LogP contribution in [0.1, 0.15) is 25.7 Å². The summed E-state index contributed by atoms with van der Waals surface area (Å²) in [5, 5.41) is 2.96. The molecule has 1 aromatic rings. The number of piperidine rings is 2. The minimum absolute atomic E-state index is 0.0686. The number of nitrogens with zero attached hydrogens (tertiary/aromatic N) is 4. The van der Waals surface area contributed by atoms with Gasteiger partial charge in [-0.25, -0.2) is 14.4 Å². The summed E-state index contributed by atoms with van der Waals surface area (Å²) < 4.78 is 18.0. The van der Waals surface area contributed by atoms with Crippen LogP contribution in [0, 0.1) is 11.7 Å². The second kappa shape index (κ2) is 9.23. The number of hydrogen-bond acceptors (Lipinski definition) is 6. The van der Waals surface area contributed by atoms with Gasteiger partial charge in [0, 0.05) is 39.3 Å². The fraction of sp³-hybridized carbons (Fsp3) is 0.722. The third-order valence-electron chi connectivity index (χ3n) is 5.30. The Kier molecular flexibility index (Phi) is 6.73. The minimum atomic E-state index is -0.410. The lowest BCUT2D eigenvalue weighted by atomic mass is 9.93. The first-order chi connectivity index (χ1) is 12.7. The number of methoxy groups -OCH3 is 1. The number of amides is 1. The van der Waals surface area contributed by atoms with Crippen LogP contribution >= 0.6 is 0 Å². The van der Waals surface area contributed by atoms with Crippen molar-refractivity contribution >= 4 is 11.9 Å². The van der Waals surface area contributed by atoms with Crippen molar-refractivity contribution < 1.29 is 13.9 Å². The zero-order valence-electron chi connectivity index (χ0n) is 15.4. The molecule has 3 heterocycles. The second-order valence-electron chi connectivity index (χ2n) is 7.04. The number of rotatable bonds is 6. The van der Waals surface area contributed by atoms with E-state index in [1.807, 2.05) is 0 Å². The van der Waals surface area contributed by atoms with Crippen molar-refractivity contribution in [2.75, 3.05) is 51.3 Å². The maximum Gasteiger partial charge on any atom is 0.225 e. The topological polar surface area (TPSA) is 70.6 Å². The lowest BCUT2D eigenvalue weighted by Crippen LogP contribution is -2.51. The van der Waals surface area contributed by atoms with E-state index < -0.39 is 5.82 Å². The Balaban J connectivity index is 1.47. The highest BCUT2D eigenvalue weighted by molar-refractivity contribution is 5.78. The van der Waals surface area contributed by atoms with E-state index in [4.69, 9.17) is 4.74 Å². The first-order valence-electron chi connectivity index (χ1n) is 9.40. The van der Waals surface area contributed by atoms with E-state index in [1.165, 1.54) is 12.4 Å². The summed E-state index contributed by atoms with van der Waals surface area (Å²) in [5.41, 5.74) is 0. The Hall–Kier alpha value is -1.80. The number of nitrogens with one attached hydrogen (secondary N) is 1. The molecule has 0 bridgehead atoms. The molecule has 1 amide bonds. The van der Waals surface area contributed by atoms with Gasteiger partial charge < -0.3 is 15.0 Å². The van der Waals surface area contributed by atoms with E-state index >= 15 is 0 Å². The fourth-order valence-electron chi connectivity index (χ4n) is 3.87. The molecule has 144 valence electrons. The molecule has 0 radical (unpaired) electrons. The number of carbonyl (C=O) groups excluding carboxylic acids is 1. The number of anilines is 1. The molecular weight excluding hydrogens is 337 g/mol. The molecule has 2 saturated heterocycles. The van der Waals surface area contributed by atoms with Crippen LogP contribution in [0.2, 0.25) is 0 Å². The average Bonchev–Trinajstić information content (AvgIpc) is 2.69. The molecule has 2 aliphatic heterocycles. The van der Waals surface area contributed by atoms with E-state index in [9.17, 15) is 9.18 Å². The van der Waals surface area contributed by atoms with Gasteiger partial charge in [-0.15, -0.1) is 0 Å². The van der Waals surface area contributed by atoms with Crippen molar-refractivity contribution in [3.05, 3.63) is 18.2 Å². The predicted molar refractivity (Wildman–Crippen MR) is 96.4 cm³/mol. The molecule has 1 N–H and O–H groups in total. The highest BCUT2D eigenvalue weighted by atomic mass is 19.1. The quantitative estimate of drug-likeness (QED) is 0.760. The van der Waals surface area contributed by atoms with E-state index in [1.54, 1.807) is 7.11 Å². The summed E-state index contributed by atoms with van der Waals surface area (Å²) in [5.74, 6) is 0.397. The van der Waals surface area contributed by atoms with E-state index in [2.05, 4.69) is 25.1 Å². The fourth-order valence-corrected chi connectivity index (χ4v) is 3.87. The van der Waals surface area contributed by atoms with Gasteiger partial charge >= 0.3 is 0 Å². The molecule has 1 atom stereocenters. The number of likely N-dealkylation sites (tertiary alicyclic amines) is 1. The van der Waals surface area contributed by atoms with Gasteiger partial charge in [0.05, 0.1) is 24.9 Å². The van der Waals surface area contributed by atoms with E-state index in [0.717, 1.165) is 51.9 Å². The van der Waals surface area contributed by atoms with Crippen LogP contribution in [0.4, 0.5) is 10.3 Å². The molecule has 26 heavy (non-hydrogen) atoms. The van der Waals surface area contributed by atoms with Gasteiger partial charge in [0.15, 0.2) is 5.82 Å². The molecule has 0 unspecified atom stereocenters. The molecule has 3 rings (SSSR count). The van der Waals surface area contributed by atoms with Crippen LogP contribution < -0.4 is 10.2 Å². The molecular formula is C18H28FN5O2. The first kappa shape index (κ1) is 19.0. The van der Waals surface area contributed by atoms with Crippen molar-refractivity contribution in [3.63, 3.8) is 0 Å². The Morgan fingerprint density at radius 1 is 1.27 bits per heavy atom. The summed E-state index contributed by atoms with van der Waals surface area (Å²) in [6.45, 7) is 4.72. The number of carbonyl (C=O) groups is 1. The summed E-state index contributed by atoms with van der Waals surface area (Å²) in [6, 6.07) is 0.487. The lowest BCUT2D eigenvalue weighted by Gasteiger charge is -2.42. The maximum atomic E-state index is 13.0. The van der Waals surface area contributed by atoms with Crippen molar-refractivity contribution in [2.24, 2.45) is 5.92 Å².